The first kappa shape index (κ1) is 22.5. The van der Waals surface area contributed by atoms with Crippen LogP contribution in [0.5, 0.6) is 0 Å². The first-order valence-corrected chi connectivity index (χ1v) is 11.8. The van der Waals surface area contributed by atoms with Gasteiger partial charge in [-0.2, -0.15) is 0 Å². The number of fused-ring (bicyclic) bond motifs is 1. The molecule has 0 fully saturated rings. The number of carbonyl (C=O) groups is 2. The van der Waals surface area contributed by atoms with Crippen molar-refractivity contribution in [3.05, 3.63) is 51.4 Å². The summed E-state index contributed by atoms with van der Waals surface area (Å²) in [6.07, 6.45) is 2.95. The largest absolute Gasteiger partial charge is 0.339 e. The Morgan fingerprint density at radius 1 is 1.20 bits per heavy atom. The van der Waals surface area contributed by atoms with E-state index in [2.05, 4.69) is 26.1 Å². The summed E-state index contributed by atoms with van der Waals surface area (Å²) in [5.41, 5.74) is 3.76. The monoisotopic (exact) mass is 426 g/mol. The van der Waals surface area contributed by atoms with Crippen LogP contribution in [0.3, 0.4) is 0 Å². The van der Waals surface area contributed by atoms with Crippen molar-refractivity contribution in [1.82, 2.24) is 4.90 Å². The lowest BCUT2D eigenvalue weighted by atomic mass is 9.72. The molecule has 1 aromatic heterocycles. The van der Waals surface area contributed by atoms with Crippen LogP contribution in [0.4, 0.5) is 5.00 Å². The van der Waals surface area contributed by atoms with Crippen LogP contribution in [0.25, 0.3) is 0 Å². The zero-order chi connectivity index (χ0) is 22.1. The zero-order valence-electron chi connectivity index (χ0n) is 19.1. The van der Waals surface area contributed by atoms with Crippen LogP contribution in [0, 0.1) is 18.3 Å². The van der Waals surface area contributed by atoms with E-state index in [1.807, 2.05) is 49.9 Å². The minimum atomic E-state index is -0.154. The van der Waals surface area contributed by atoms with Gasteiger partial charge in [0.1, 0.15) is 5.00 Å². The standard InChI is InChI=1S/C25H34N2O2S/c1-7-27(8-2)24(29)21-19-13-12-18(25(4,5)6)15-20(19)30-23(21)26-22(28)17-11-9-10-16(3)14-17/h9-11,14,18H,7-8,12-13,15H2,1-6H3,(H,26,28). The van der Waals surface area contributed by atoms with Gasteiger partial charge in [-0.05, 0) is 69.1 Å². The van der Waals surface area contributed by atoms with E-state index in [4.69, 9.17) is 0 Å². The van der Waals surface area contributed by atoms with E-state index in [0.29, 0.717) is 35.1 Å². The highest BCUT2D eigenvalue weighted by molar-refractivity contribution is 7.17. The Hall–Kier alpha value is -2.14. The van der Waals surface area contributed by atoms with Gasteiger partial charge in [0.15, 0.2) is 0 Å². The van der Waals surface area contributed by atoms with Crippen LogP contribution in [-0.4, -0.2) is 29.8 Å². The van der Waals surface area contributed by atoms with Crippen molar-refractivity contribution in [2.24, 2.45) is 11.3 Å². The molecule has 1 aromatic carbocycles. The van der Waals surface area contributed by atoms with E-state index in [-0.39, 0.29) is 17.2 Å². The minimum absolute atomic E-state index is 0.0336. The van der Waals surface area contributed by atoms with Crippen LogP contribution in [-0.2, 0) is 12.8 Å². The summed E-state index contributed by atoms with van der Waals surface area (Å²) in [5.74, 6) is 0.463. The second-order valence-electron chi connectivity index (χ2n) is 9.31. The SMILES string of the molecule is CCN(CC)C(=O)c1c(NC(=O)c2cccc(C)c2)sc2c1CCC(C(C)(C)C)C2. The quantitative estimate of drug-likeness (QED) is 0.643. The van der Waals surface area contributed by atoms with Crippen LogP contribution in [0.1, 0.15) is 77.8 Å². The van der Waals surface area contributed by atoms with Crippen LogP contribution < -0.4 is 5.32 Å². The molecular formula is C25H34N2O2S. The molecule has 4 nitrogen and oxygen atoms in total. The van der Waals surface area contributed by atoms with Gasteiger partial charge in [0.2, 0.25) is 0 Å². The van der Waals surface area contributed by atoms with Gasteiger partial charge in [-0.25, -0.2) is 0 Å². The van der Waals surface area contributed by atoms with Gasteiger partial charge in [-0.15, -0.1) is 11.3 Å². The van der Waals surface area contributed by atoms with E-state index >= 15 is 0 Å². The number of carbonyl (C=O) groups excluding carboxylic acids is 2. The van der Waals surface area contributed by atoms with Gasteiger partial charge >= 0.3 is 0 Å². The normalized spacial score (nSPS) is 16.1. The molecule has 0 saturated heterocycles. The Labute approximate surface area is 184 Å². The lowest BCUT2D eigenvalue weighted by molar-refractivity contribution is 0.0772. The van der Waals surface area contributed by atoms with Crippen molar-refractivity contribution in [3.63, 3.8) is 0 Å². The molecule has 1 unspecified atom stereocenters. The smallest absolute Gasteiger partial charge is 0.257 e. The maximum absolute atomic E-state index is 13.4. The molecule has 2 aromatic rings. The summed E-state index contributed by atoms with van der Waals surface area (Å²) in [4.78, 5) is 29.5. The van der Waals surface area contributed by atoms with Crippen molar-refractivity contribution >= 4 is 28.2 Å². The Morgan fingerprint density at radius 3 is 2.50 bits per heavy atom. The molecule has 0 saturated carbocycles. The van der Waals surface area contributed by atoms with Crippen LogP contribution in [0.2, 0.25) is 0 Å². The van der Waals surface area contributed by atoms with Crippen molar-refractivity contribution in [2.75, 3.05) is 18.4 Å². The number of amides is 2. The highest BCUT2D eigenvalue weighted by Gasteiger charge is 2.35. The molecule has 3 rings (SSSR count). The number of nitrogens with one attached hydrogen (secondary N) is 1. The number of benzene rings is 1. The highest BCUT2D eigenvalue weighted by atomic mass is 32.1. The summed E-state index contributed by atoms with van der Waals surface area (Å²) in [7, 11) is 0. The summed E-state index contributed by atoms with van der Waals surface area (Å²) in [6, 6.07) is 7.56. The second-order valence-corrected chi connectivity index (χ2v) is 10.4. The van der Waals surface area contributed by atoms with E-state index in [0.717, 1.165) is 30.4 Å². The summed E-state index contributed by atoms with van der Waals surface area (Å²) in [5, 5.41) is 3.79. The molecule has 1 aliphatic rings. The Kier molecular flexibility index (Phi) is 6.71. The molecule has 0 aliphatic heterocycles. The molecule has 1 atom stereocenters. The maximum Gasteiger partial charge on any atom is 0.257 e. The van der Waals surface area contributed by atoms with E-state index in [9.17, 15) is 9.59 Å². The number of aryl methyl sites for hydroxylation is 1. The lowest BCUT2D eigenvalue weighted by Crippen LogP contribution is -2.32. The third kappa shape index (κ3) is 4.61. The Morgan fingerprint density at radius 2 is 1.90 bits per heavy atom. The van der Waals surface area contributed by atoms with E-state index < -0.39 is 0 Å². The highest BCUT2D eigenvalue weighted by Crippen LogP contribution is 2.44. The fourth-order valence-corrected chi connectivity index (χ4v) is 5.58. The van der Waals surface area contributed by atoms with Crippen LogP contribution >= 0.6 is 11.3 Å². The summed E-state index contributed by atoms with van der Waals surface area (Å²) >= 11 is 1.60. The summed E-state index contributed by atoms with van der Waals surface area (Å²) in [6.45, 7) is 14.2. The average Bonchev–Trinajstić information content (AvgIpc) is 3.05. The van der Waals surface area contributed by atoms with Crippen molar-refractivity contribution < 1.29 is 9.59 Å². The maximum atomic E-state index is 13.4. The van der Waals surface area contributed by atoms with Crippen molar-refractivity contribution in [2.45, 2.75) is 60.8 Å². The van der Waals surface area contributed by atoms with Crippen molar-refractivity contribution in [1.29, 1.82) is 0 Å². The van der Waals surface area contributed by atoms with Gasteiger partial charge in [0, 0.05) is 23.5 Å². The fraction of sp³-hybridized carbons (Fsp3) is 0.520. The molecule has 30 heavy (non-hydrogen) atoms. The fourth-order valence-electron chi connectivity index (χ4n) is 4.27. The lowest BCUT2D eigenvalue weighted by Gasteiger charge is -2.34. The number of anilines is 1. The zero-order valence-corrected chi connectivity index (χ0v) is 19.9. The molecule has 1 aliphatic carbocycles. The minimum Gasteiger partial charge on any atom is -0.339 e. The molecule has 1 heterocycles. The number of thiophene rings is 1. The molecule has 5 heteroatoms. The topological polar surface area (TPSA) is 49.4 Å². The molecule has 2 amide bonds. The Bertz CT molecular complexity index is 935. The van der Waals surface area contributed by atoms with Crippen molar-refractivity contribution in [3.8, 4) is 0 Å². The molecule has 0 bridgehead atoms. The average molecular weight is 427 g/mol. The first-order chi connectivity index (χ1) is 14.2. The second kappa shape index (κ2) is 8.93. The number of hydrogen-bond acceptors (Lipinski definition) is 3. The third-order valence-corrected chi connectivity index (χ3v) is 7.43. The van der Waals surface area contributed by atoms with Gasteiger partial charge in [-0.1, -0.05) is 38.5 Å². The number of nitrogens with zero attached hydrogens (tertiary/aromatic N) is 1. The van der Waals surface area contributed by atoms with Gasteiger partial charge in [0.25, 0.3) is 11.8 Å². The van der Waals surface area contributed by atoms with Crippen LogP contribution in [0.15, 0.2) is 24.3 Å². The third-order valence-electron chi connectivity index (χ3n) is 6.26. The number of rotatable bonds is 5. The van der Waals surface area contributed by atoms with Gasteiger partial charge in [0.05, 0.1) is 5.56 Å². The van der Waals surface area contributed by atoms with Gasteiger partial charge < -0.3 is 10.2 Å². The predicted molar refractivity (Wildman–Crippen MR) is 126 cm³/mol. The first-order valence-electron chi connectivity index (χ1n) is 11.0. The van der Waals surface area contributed by atoms with Gasteiger partial charge in [-0.3, -0.25) is 9.59 Å². The predicted octanol–water partition coefficient (Wildman–Crippen LogP) is 5.94. The molecule has 0 radical (unpaired) electrons. The molecule has 0 spiro atoms. The van der Waals surface area contributed by atoms with E-state index in [1.54, 1.807) is 11.3 Å². The summed E-state index contributed by atoms with van der Waals surface area (Å²) < 4.78 is 0. The molecular weight excluding hydrogens is 392 g/mol. The van der Waals surface area contributed by atoms with E-state index in [1.165, 1.54) is 4.88 Å². The Balaban J connectivity index is 2.00. The molecule has 162 valence electrons. The molecule has 1 N–H and O–H groups in total. The number of hydrogen-bond donors (Lipinski definition) is 1.